The van der Waals surface area contributed by atoms with Crippen molar-refractivity contribution in [2.24, 2.45) is 4.99 Å². The van der Waals surface area contributed by atoms with E-state index in [1.54, 1.807) is 6.92 Å². The van der Waals surface area contributed by atoms with Crippen LogP contribution in [-0.2, 0) is 4.79 Å². The largest absolute Gasteiger partial charge is 0.412 e. The highest BCUT2D eigenvalue weighted by atomic mass is 79.9. The van der Waals surface area contributed by atoms with E-state index in [1.807, 2.05) is 24.3 Å². The van der Waals surface area contributed by atoms with Crippen molar-refractivity contribution in [3.63, 3.8) is 0 Å². The summed E-state index contributed by atoms with van der Waals surface area (Å²) in [5.74, 6) is -1.08. The van der Waals surface area contributed by atoms with E-state index in [-0.39, 0.29) is 11.2 Å². The minimum absolute atomic E-state index is 0.00440. The Labute approximate surface area is 132 Å². The molecule has 1 unspecified atom stereocenters. The Morgan fingerprint density at radius 1 is 1.33 bits per heavy atom. The number of hydrogen-bond acceptors (Lipinski definition) is 3. The summed E-state index contributed by atoms with van der Waals surface area (Å²) in [5.41, 5.74) is 0.848. The lowest BCUT2D eigenvalue weighted by atomic mass is 10.1. The van der Waals surface area contributed by atoms with Crippen LogP contribution in [0.25, 0.3) is 0 Å². The van der Waals surface area contributed by atoms with Gasteiger partial charge in [-0.2, -0.15) is 13.2 Å². The van der Waals surface area contributed by atoms with Gasteiger partial charge in [-0.05, 0) is 31.5 Å². The fraction of sp³-hybridized carbons (Fsp3) is 0.385. The van der Waals surface area contributed by atoms with Crippen LogP contribution in [0.2, 0.25) is 0 Å². The number of thioether (sulfide) groups is 1. The smallest absolute Gasteiger partial charge is 0.304 e. The molecule has 114 valence electrons. The number of carbonyl (C=O) groups is 1. The summed E-state index contributed by atoms with van der Waals surface area (Å²) in [4.78, 5) is 15.7. The molecule has 1 heterocycles. The highest BCUT2D eigenvalue weighted by Crippen LogP contribution is 2.45. The van der Waals surface area contributed by atoms with E-state index >= 15 is 0 Å². The van der Waals surface area contributed by atoms with Crippen molar-refractivity contribution in [3.8, 4) is 0 Å². The van der Waals surface area contributed by atoms with Crippen molar-refractivity contribution in [2.45, 2.75) is 30.8 Å². The number of aliphatic imine (C=N–C) groups is 1. The van der Waals surface area contributed by atoms with Crippen LogP contribution in [0.5, 0.6) is 0 Å². The fourth-order valence-corrected chi connectivity index (χ4v) is 2.98. The van der Waals surface area contributed by atoms with E-state index in [2.05, 4.69) is 26.2 Å². The van der Waals surface area contributed by atoms with Crippen molar-refractivity contribution < 1.29 is 18.0 Å². The van der Waals surface area contributed by atoms with Crippen molar-refractivity contribution in [1.29, 1.82) is 0 Å². The van der Waals surface area contributed by atoms with E-state index in [4.69, 9.17) is 0 Å². The second-order valence-electron chi connectivity index (χ2n) is 4.75. The lowest BCUT2D eigenvalue weighted by Gasteiger charge is -2.21. The Hall–Kier alpha value is -1.02. The molecule has 0 aliphatic carbocycles. The lowest BCUT2D eigenvalue weighted by Crippen LogP contribution is -2.46. The van der Waals surface area contributed by atoms with Crippen molar-refractivity contribution >= 4 is 38.8 Å². The molecule has 1 aliphatic heterocycles. The first kappa shape index (κ1) is 16.4. The Bertz CT molecular complexity index is 588. The number of benzene rings is 1. The second-order valence-corrected chi connectivity index (χ2v) is 7.07. The molecule has 0 radical (unpaired) electrons. The van der Waals surface area contributed by atoms with Crippen LogP contribution in [0.3, 0.4) is 0 Å². The molecular formula is C13H12BrF3N2OS. The van der Waals surface area contributed by atoms with Crippen LogP contribution < -0.4 is 5.32 Å². The second kappa shape index (κ2) is 5.64. The number of halogens is 4. The Kier molecular flexibility index (Phi) is 4.39. The van der Waals surface area contributed by atoms with Crippen LogP contribution in [0.15, 0.2) is 33.7 Å². The Morgan fingerprint density at radius 2 is 1.90 bits per heavy atom. The Balaban J connectivity index is 2.20. The highest BCUT2D eigenvalue weighted by Gasteiger charge is 2.61. The Morgan fingerprint density at radius 3 is 2.38 bits per heavy atom. The third-order valence-corrected chi connectivity index (χ3v) is 4.91. The molecule has 1 fully saturated rings. The third kappa shape index (κ3) is 3.26. The predicted octanol–water partition coefficient (Wildman–Crippen LogP) is 4.05. The number of nitrogens with one attached hydrogen (secondary N) is 1. The van der Waals surface area contributed by atoms with Gasteiger partial charge in [-0.3, -0.25) is 9.79 Å². The van der Waals surface area contributed by atoms with E-state index in [0.717, 1.165) is 17.0 Å². The molecule has 0 bridgehead atoms. The number of hydrogen-bond donors (Lipinski definition) is 1. The normalized spacial score (nSPS) is 26.0. The zero-order valence-electron chi connectivity index (χ0n) is 11.2. The van der Waals surface area contributed by atoms with Crippen molar-refractivity contribution in [1.82, 2.24) is 5.32 Å². The summed E-state index contributed by atoms with van der Waals surface area (Å²) >= 11 is 3.71. The zero-order valence-corrected chi connectivity index (χ0v) is 13.6. The molecule has 2 atom stereocenters. The number of carbonyl (C=O) groups excluding carboxylic acids is 1. The summed E-state index contributed by atoms with van der Waals surface area (Å²) in [6.07, 6.45) is -4.63. The molecule has 1 aliphatic rings. The van der Waals surface area contributed by atoms with Gasteiger partial charge < -0.3 is 5.32 Å². The van der Waals surface area contributed by atoms with Gasteiger partial charge in [0.15, 0.2) is 9.91 Å². The number of amides is 1. The summed E-state index contributed by atoms with van der Waals surface area (Å²) < 4.78 is 37.2. The first-order chi connectivity index (χ1) is 9.63. The molecule has 1 saturated heterocycles. The molecule has 0 aromatic heterocycles. The number of alkyl halides is 3. The fourth-order valence-electron chi connectivity index (χ4n) is 1.72. The minimum atomic E-state index is -4.63. The van der Waals surface area contributed by atoms with Crippen LogP contribution in [0.4, 0.5) is 13.2 Å². The maximum absolute atomic E-state index is 12.9. The minimum Gasteiger partial charge on any atom is -0.304 e. The van der Waals surface area contributed by atoms with Gasteiger partial charge in [0.2, 0.25) is 0 Å². The summed E-state index contributed by atoms with van der Waals surface area (Å²) in [5, 5.41) is 2.20. The van der Waals surface area contributed by atoms with Gasteiger partial charge in [0, 0.05) is 4.47 Å². The van der Waals surface area contributed by atoms with E-state index < -0.39 is 16.8 Å². The van der Waals surface area contributed by atoms with Gasteiger partial charge in [0.25, 0.3) is 5.91 Å². The monoisotopic (exact) mass is 380 g/mol. The van der Waals surface area contributed by atoms with Crippen LogP contribution in [0.1, 0.15) is 25.5 Å². The molecule has 3 nitrogen and oxygen atoms in total. The molecule has 8 heteroatoms. The van der Waals surface area contributed by atoms with E-state index in [9.17, 15) is 18.0 Å². The summed E-state index contributed by atoms with van der Waals surface area (Å²) in [6, 6.07) is 6.95. The van der Waals surface area contributed by atoms with E-state index in [0.29, 0.717) is 11.8 Å². The number of rotatable bonds is 2. The summed E-state index contributed by atoms with van der Waals surface area (Å²) in [6.45, 7) is 2.62. The molecule has 1 amide bonds. The van der Waals surface area contributed by atoms with Crippen LogP contribution in [-0.4, -0.2) is 22.0 Å². The van der Waals surface area contributed by atoms with Gasteiger partial charge in [0.05, 0.1) is 6.04 Å². The average Bonchev–Trinajstić information content (AvgIpc) is 2.66. The first-order valence-corrected chi connectivity index (χ1v) is 7.65. The van der Waals surface area contributed by atoms with Crippen LogP contribution >= 0.6 is 27.7 Å². The van der Waals surface area contributed by atoms with Gasteiger partial charge in [-0.1, -0.05) is 39.8 Å². The van der Waals surface area contributed by atoms with Gasteiger partial charge in [0.1, 0.15) is 0 Å². The molecule has 0 spiro atoms. The van der Waals surface area contributed by atoms with E-state index in [1.165, 1.54) is 0 Å². The highest BCUT2D eigenvalue weighted by molar-refractivity contribution is 9.10. The van der Waals surface area contributed by atoms with Gasteiger partial charge >= 0.3 is 6.18 Å². The number of nitrogens with zero attached hydrogens (tertiary/aromatic N) is 1. The van der Waals surface area contributed by atoms with Gasteiger partial charge in [-0.15, -0.1) is 0 Å². The van der Waals surface area contributed by atoms with Crippen molar-refractivity contribution in [2.75, 3.05) is 0 Å². The molecule has 21 heavy (non-hydrogen) atoms. The maximum atomic E-state index is 12.9. The number of amidine groups is 1. The molecule has 1 aromatic rings. The van der Waals surface area contributed by atoms with Crippen molar-refractivity contribution in [3.05, 3.63) is 34.3 Å². The first-order valence-electron chi connectivity index (χ1n) is 6.04. The van der Waals surface area contributed by atoms with Crippen LogP contribution in [0, 0.1) is 0 Å². The summed E-state index contributed by atoms with van der Waals surface area (Å²) in [7, 11) is 0. The molecular weight excluding hydrogens is 369 g/mol. The topological polar surface area (TPSA) is 41.5 Å². The SMILES string of the molecule is C[C@H](N=C1NC(=O)C(C)(C(F)(F)F)S1)c1ccc(Br)cc1. The molecule has 1 N–H and O–H groups in total. The zero-order chi connectivity index (χ0) is 15.8. The standard InChI is InChI=1S/C13H12BrF3N2OS/c1-7(8-3-5-9(14)6-4-8)18-11-19-10(20)12(2,21-11)13(15,16)17/h3-7H,1-2H3,(H,18,19,20)/t7-,12?/m0/s1. The maximum Gasteiger partial charge on any atom is 0.412 e. The lowest BCUT2D eigenvalue weighted by molar-refractivity contribution is -0.166. The quantitative estimate of drug-likeness (QED) is 0.840. The molecule has 0 saturated carbocycles. The molecule has 1 aromatic carbocycles. The average molecular weight is 381 g/mol. The van der Waals surface area contributed by atoms with Gasteiger partial charge in [-0.25, -0.2) is 0 Å². The third-order valence-electron chi connectivity index (χ3n) is 3.16. The molecule has 2 rings (SSSR count). The predicted molar refractivity (Wildman–Crippen MR) is 80.2 cm³/mol.